The highest BCUT2D eigenvalue weighted by molar-refractivity contribution is 5.92. The number of benzene rings is 1. The lowest BCUT2D eigenvalue weighted by atomic mass is 9.92. The Morgan fingerprint density at radius 1 is 1.08 bits per heavy atom. The van der Waals surface area contributed by atoms with Crippen LogP contribution in [0.1, 0.15) is 103 Å². The van der Waals surface area contributed by atoms with E-state index in [0.29, 0.717) is 13.0 Å². The number of carbonyl (C=O) groups excluding carboxylic acids is 3. The van der Waals surface area contributed by atoms with Crippen LogP contribution in [-0.2, 0) is 14.3 Å². The minimum Gasteiger partial charge on any atom is -0.444 e. The Morgan fingerprint density at radius 3 is 2.28 bits per heavy atom. The molecule has 1 aromatic rings. The molecule has 2 N–H and O–H groups in total. The molecule has 0 aliphatic heterocycles. The van der Waals surface area contributed by atoms with Crippen LogP contribution in [0.4, 0.5) is 4.79 Å². The number of nitrogens with one attached hydrogen (secondary N) is 2. The zero-order valence-electron chi connectivity index (χ0n) is 23.6. The molecule has 0 radical (unpaired) electrons. The molecule has 7 heteroatoms. The number of hydrogen-bond donors (Lipinski definition) is 2. The summed E-state index contributed by atoms with van der Waals surface area (Å²) in [5, 5.41) is 6.03. The Balaban J connectivity index is 2.46. The van der Waals surface area contributed by atoms with Gasteiger partial charge in [-0.05, 0) is 76.5 Å². The molecule has 7 nitrogen and oxygen atoms in total. The van der Waals surface area contributed by atoms with Crippen LogP contribution in [0.15, 0.2) is 18.2 Å². The molecule has 2 rings (SSSR count). The Hall–Kier alpha value is -2.57. The molecule has 2 unspecified atom stereocenters. The summed E-state index contributed by atoms with van der Waals surface area (Å²) in [5.41, 5.74) is 2.21. The van der Waals surface area contributed by atoms with Crippen LogP contribution in [-0.4, -0.2) is 47.0 Å². The van der Waals surface area contributed by atoms with Crippen molar-refractivity contribution in [1.82, 2.24) is 15.5 Å². The van der Waals surface area contributed by atoms with Gasteiger partial charge in [0, 0.05) is 12.6 Å². The van der Waals surface area contributed by atoms with E-state index in [4.69, 9.17) is 4.74 Å². The van der Waals surface area contributed by atoms with E-state index in [0.717, 1.165) is 42.4 Å². The van der Waals surface area contributed by atoms with Crippen LogP contribution in [0.5, 0.6) is 0 Å². The third-order valence-electron chi connectivity index (χ3n) is 6.81. The number of carbonyl (C=O) groups is 3. The molecule has 36 heavy (non-hydrogen) atoms. The van der Waals surface area contributed by atoms with E-state index in [1.165, 1.54) is 6.42 Å². The maximum absolute atomic E-state index is 14.1. The molecule has 202 valence electrons. The average Bonchev–Trinajstić information content (AvgIpc) is 2.78. The molecule has 1 aromatic carbocycles. The van der Waals surface area contributed by atoms with Crippen molar-refractivity contribution in [3.63, 3.8) is 0 Å². The lowest BCUT2D eigenvalue weighted by Gasteiger charge is -2.37. The van der Waals surface area contributed by atoms with Gasteiger partial charge in [0.05, 0.1) is 0 Å². The summed E-state index contributed by atoms with van der Waals surface area (Å²) >= 11 is 0. The molecule has 3 amide bonds. The first-order valence-electron chi connectivity index (χ1n) is 13.5. The molecule has 1 fully saturated rings. The molecule has 1 aliphatic carbocycles. The van der Waals surface area contributed by atoms with E-state index in [-0.39, 0.29) is 23.8 Å². The quantitative estimate of drug-likeness (QED) is 0.462. The van der Waals surface area contributed by atoms with Crippen LogP contribution in [0.25, 0.3) is 0 Å². The van der Waals surface area contributed by atoms with E-state index in [1.54, 1.807) is 25.7 Å². The van der Waals surface area contributed by atoms with E-state index in [9.17, 15) is 14.4 Å². The maximum atomic E-state index is 14.1. The Labute approximate surface area is 217 Å². The van der Waals surface area contributed by atoms with Crippen molar-refractivity contribution in [1.29, 1.82) is 0 Å². The van der Waals surface area contributed by atoms with Crippen molar-refractivity contribution in [2.75, 3.05) is 6.54 Å². The highest BCUT2D eigenvalue weighted by atomic mass is 16.6. The first kappa shape index (κ1) is 29.7. The molecule has 0 aromatic heterocycles. The van der Waals surface area contributed by atoms with Crippen molar-refractivity contribution in [2.24, 2.45) is 5.92 Å². The molecule has 0 heterocycles. The summed E-state index contributed by atoms with van der Waals surface area (Å²) in [4.78, 5) is 42.2. The molecule has 1 aliphatic rings. The maximum Gasteiger partial charge on any atom is 0.408 e. The summed E-state index contributed by atoms with van der Waals surface area (Å²) in [7, 11) is 0. The number of hydrogen-bond acceptors (Lipinski definition) is 4. The third-order valence-corrected chi connectivity index (χ3v) is 6.81. The third kappa shape index (κ3) is 8.24. The topological polar surface area (TPSA) is 87.7 Å². The van der Waals surface area contributed by atoms with Gasteiger partial charge in [-0.2, -0.15) is 0 Å². The number of ether oxygens (including phenoxy) is 1. The average molecular weight is 502 g/mol. The predicted octanol–water partition coefficient (Wildman–Crippen LogP) is 5.58. The summed E-state index contributed by atoms with van der Waals surface area (Å²) < 4.78 is 5.44. The van der Waals surface area contributed by atoms with Gasteiger partial charge in [-0.15, -0.1) is 0 Å². The van der Waals surface area contributed by atoms with Crippen molar-refractivity contribution < 1.29 is 19.1 Å². The van der Waals surface area contributed by atoms with Crippen LogP contribution < -0.4 is 10.6 Å². The first-order valence-corrected chi connectivity index (χ1v) is 13.5. The lowest BCUT2D eigenvalue weighted by Crippen LogP contribution is -2.55. The summed E-state index contributed by atoms with van der Waals surface area (Å²) in [6.45, 7) is 15.5. The second-order valence-electron chi connectivity index (χ2n) is 11.4. The summed E-state index contributed by atoms with van der Waals surface area (Å²) in [6.07, 6.45) is 5.36. The van der Waals surface area contributed by atoms with Gasteiger partial charge < -0.3 is 20.3 Å². The van der Waals surface area contributed by atoms with Gasteiger partial charge in [0.1, 0.15) is 17.7 Å². The van der Waals surface area contributed by atoms with Gasteiger partial charge in [0.25, 0.3) is 0 Å². The van der Waals surface area contributed by atoms with Gasteiger partial charge in [-0.1, -0.05) is 58.2 Å². The number of amides is 3. The molecular formula is C29H47N3O4. The van der Waals surface area contributed by atoms with E-state index in [2.05, 4.69) is 10.6 Å². The fourth-order valence-electron chi connectivity index (χ4n) is 4.78. The van der Waals surface area contributed by atoms with Gasteiger partial charge in [-0.3, -0.25) is 9.59 Å². The summed E-state index contributed by atoms with van der Waals surface area (Å²) in [6, 6.07) is 4.42. The van der Waals surface area contributed by atoms with Crippen LogP contribution in [0.3, 0.4) is 0 Å². The largest absolute Gasteiger partial charge is 0.444 e. The lowest BCUT2D eigenvalue weighted by molar-refractivity contribution is -0.143. The van der Waals surface area contributed by atoms with Gasteiger partial charge in [0.2, 0.25) is 11.8 Å². The smallest absolute Gasteiger partial charge is 0.408 e. The highest BCUT2D eigenvalue weighted by Gasteiger charge is 2.38. The minimum absolute atomic E-state index is 0.123. The van der Waals surface area contributed by atoms with Gasteiger partial charge in [-0.25, -0.2) is 4.79 Å². The Kier molecular flexibility index (Phi) is 10.8. The SMILES string of the molecule is CCCN(C(=O)C(NC(=O)OC(C)(C)C)C(C)C)C(C(=O)NC1CCCCC1)c1cccc(C)c1C. The Bertz CT molecular complexity index is 900. The molecule has 0 bridgehead atoms. The van der Waals surface area contributed by atoms with Gasteiger partial charge >= 0.3 is 6.09 Å². The van der Waals surface area contributed by atoms with E-state index >= 15 is 0 Å². The van der Waals surface area contributed by atoms with Crippen LogP contribution >= 0.6 is 0 Å². The molecule has 0 saturated heterocycles. The van der Waals surface area contributed by atoms with E-state index < -0.39 is 23.8 Å². The highest BCUT2D eigenvalue weighted by Crippen LogP contribution is 2.29. The molecular weight excluding hydrogens is 454 g/mol. The van der Waals surface area contributed by atoms with Crippen molar-refractivity contribution in [3.8, 4) is 0 Å². The first-order chi connectivity index (χ1) is 16.9. The summed E-state index contributed by atoms with van der Waals surface area (Å²) in [5.74, 6) is -0.621. The monoisotopic (exact) mass is 501 g/mol. The zero-order chi connectivity index (χ0) is 27.0. The van der Waals surface area contributed by atoms with Crippen LogP contribution in [0, 0.1) is 19.8 Å². The molecule has 2 atom stereocenters. The number of rotatable bonds is 9. The number of nitrogens with zero attached hydrogens (tertiary/aromatic N) is 1. The zero-order valence-corrected chi connectivity index (χ0v) is 23.6. The van der Waals surface area contributed by atoms with Gasteiger partial charge in [0.15, 0.2) is 0 Å². The molecule has 0 spiro atoms. The minimum atomic E-state index is -0.818. The standard InChI is InChI=1S/C29H47N3O4/c1-9-18-32(27(34)24(19(2)3)31-28(35)36-29(6,7)8)25(23-17-13-14-20(4)21(23)5)26(33)30-22-15-11-10-12-16-22/h13-14,17,19,22,24-25H,9-12,15-16,18H2,1-8H3,(H,30,33)(H,31,35). The van der Waals surface area contributed by atoms with Crippen molar-refractivity contribution >= 4 is 17.9 Å². The predicted molar refractivity (Wildman–Crippen MR) is 144 cm³/mol. The van der Waals surface area contributed by atoms with Crippen molar-refractivity contribution in [3.05, 3.63) is 34.9 Å². The molecule has 1 saturated carbocycles. The number of aryl methyl sites for hydroxylation is 1. The second-order valence-corrected chi connectivity index (χ2v) is 11.4. The fourth-order valence-corrected chi connectivity index (χ4v) is 4.78. The second kappa shape index (κ2) is 13.1. The fraction of sp³-hybridized carbons (Fsp3) is 0.690. The number of alkyl carbamates (subject to hydrolysis) is 1. The van der Waals surface area contributed by atoms with Crippen molar-refractivity contribution in [2.45, 2.75) is 118 Å². The normalized spacial score (nSPS) is 16.2. The van der Waals surface area contributed by atoms with Crippen LogP contribution in [0.2, 0.25) is 0 Å². The Morgan fingerprint density at radius 2 is 1.72 bits per heavy atom. The van der Waals surface area contributed by atoms with E-state index in [1.807, 2.05) is 52.8 Å².